The van der Waals surface area contributed by atoms with E-state index in [-0.39, 0.29) is 17.4 Å². The van der Waals surface area contributed by atoms with E-state index in [0.29, 0.717) is 11.5 Å². The van der Waals surface area contributed by atoms with Crippen LogP contribution in [-0.4, -0.2) is 49.6 Å². The maximum absolute atomic E-state index is 12.5. The van der Waals surface area contributed by atoms with Crippen LogP contribution in [-0.2, 0) is 0 Å². The average molecular weight is 370 g/mol. The third-order valence-electron chi connectivity index (χ3n) is 2.61. The predicted octanol–water partition coefficient (Wildman–Crippen LogP) is 3.10. The fraction of sp³-hybridized carbons (Fsp3) is 0.462. The molecule has 0 aliphatic carbocycles. The smallest absolute Gasteiger partial charge is 0.406 e. The van der Waals surface area contributed by atoms with Crippen LogP contribution in [0.25, 0.3) is 0 Å². The highest BCUT2D eigenvalue weighted by Gasteiger charge is 2.33. The Labute approximate surface area is 128 Å². The number of nitrogens with zero attached hydrogens (tertiary/aromatic N) is 1. The molecule has 118 valence electrons. The van der Waals surface area contributed by atoms with Crippen LogP contribution >= 0.6 is 15.9 Å². The first kappa shape index (κ1) is 17.6. The van der Waals surface area contributed by atoms with E-state index >= 15 is 0 Å². The number of rotatable bonds is 6. The van der Waals surface area contributed by atoms with Gasteiger partial charge in [0.2, 0.25) is 0 Å². The zero-order chi connectivity index (χ0) is 16.0. The van der Waals surface area contributed by atoms with Crippen molar-refractivity contribution in [3.63, 3.8) is 0 Å². The van der Waals surface area contributed by atoms with Crippen molar-refractivity contribution in [2.45, 2.75) is 6.18 Å². The highest BCUT2D eigenvalue weighted by molar-refractivity contribution is 9.09. The van der Waals surface area contributed by atoms with Gasteiger partial charge < -0.3 is 14.4 Å². The maximum atomic E-state index is 12.5. The Hall–Kier alpha value is -1.44. The van der Waals surface area contributed by atoms with Gasteiger partial charge in [0.15, 0.2) is 0 Å². The molecule has 1 rings (SSSR count). The molecule has 0 unspecified atom stereocenters. The minimum atomic E-state index is -4.46. The SMILES string of the molecule is COc1cc(OC)cc(C(=O)N(CCBr)CC(F)(F)F)c1. The lowest BCUT2D eigenvalue weighted by Crippen LogP contribution is -2.40. The lowest BCUT2D eigenvalue weighted by Gasteiger charge is -2.23. The summed E-state index contributed by atoms with van der Waals surface area (Å²) < 4.78 is 47.6. The van der Waals surface area contributed by atoms with Gasteiger partial charge in [-0.2, -0.15) is 13.2 Å². The van der Waals surface area contributed by atoms with Crippen molar-refractivity contribution in [1.29, 1.82) is 0 Å². The van der Waals surface area contributed by atoms with Crippen LogP contribution in [0.3, 0.4) is 0 Å². The number of amides is 1. The molecule has 0 radical (unpaired) electrons. The van der Waals surface area contributed by atoms with Crippen LogP contribution in [0.2, 0.25) is 0 Å². The Balaban J connectivity index is 3.07. The third-order valence-corrected chi connectivity index (χ3v) is 2.96. The van der Waals surface area contributed by atoms with Crippen molar-refractivity contribution in [1.82, 2.24) is 4.90 Å². The average Bonchev–Trinajstić information content (AvgIpc) is 2.44. The van der Waals surface area contributed by atoms with Gasteiger partial charge >= 0.3 is 6.18 Å². The molecule has 0 atom stereocenters. The quantitative estimate of drug-likeness (QED) is 0.723. The number of alkyl halides is 4. The second kappa shape index (κ2) is 7.53. The Morgan fingerprint density at radius 2 is 1.71 bits per heavy atom. The first-order chi connectivity index (χ1) is 9.80. The van der Waals surface area contributed by atoms with Crippen molar-refractivity contribution in [3.05, 3.63) is 23.8 Å². The Bertz CT molecular complexity index is 472. The zero-order valence-corrected chi connectivity index (χ0v) is 13.1. The summed E-state index contributed by atoms with van der Waals surface area (Å²) in [5.74, 6) is -0.0593. The van der Waals surface area contributed by atoms with Crippen LogP contribution in [0.5, 0.6) is 11.5 Å². The molecule has 0 spiro atoms. The molecule has 0 fully saturated rings. The fourth-order valence-corrected chi connectivity index (χ4v) is 2.11. The van der Waals surface area contributed by atoms with Gasteiger partial charge in [0.25, 0.3) is 5.91 Å². The highest BCUT2D eigenvalue weighted by atomic mass is 79.9. The van der Waals surface area contributed by atoms with Gasteiger partial charge in [-0.15, -0.1) is 0 Å². The van der Waals surface area contributed by atoms with Gasteiger partial charge in [-0.05, 0) is 12.1 Å². The Morgan fingerprint density at radius 3 is 2.10 bits per heavy atom. The summed E-state index contributed by atoms with van der Waals surface area (Å²) in [7, 11) is 2.80. The first-order valence-electron chi connectivity index (χ1n) is 5.95. The second-order valence-corrected chi connectivity index (χ2v) is 4.93. The summed E-state index contributed by atoms with van der Waals surface area (Å²) in [5, 5.41) is 0.246. The van der Waals surface area contributed by atoms with E-state index in [1.807, 2.05) is 0 Å². The summed E-state index contributed by atoms with van der Waals surface area (Å²) in [5.41, 5.74) is 0.0800. The number of methoxy groups -OCH3 is 2. The van der Waals surface area contributed by atoms with Gasteiger partial charge in [-0.25, -0.2) is 0 Å². The fourth-order valence-electron chi connectivity index (χ4n) is 1.68. The van der Waals surface area contributed by atoms with E-state index in [4.69, 9.17) is 9.47 Å². The normalized spacial score (nSPS) is 11.1. The Kier molecular flexibility index (Phi) is 6.32. The van der Waals surface area contributed by atoms with E-state index in [0.717, 1.165) is 4.90 Å². The molecular formula is C13H15BrF3NO3. The molecular weight excluding hydrogens is 355 g/mol. The van der Waals surface area contributed by atoms with E-state index in [1.165, 1.54) is 32.4 Å². The molecule has 4 nitrogen and oxygen atoms in total. The molecule has 21 heavy (non-hydrogen) atoms. The topological polar surface area (TPSA) is 38.8 Å². The minimum absolute atomic E-state index is 0.0577. The van der Waals surface area contributed by atoms with Gasteiger partial charge in [-0.1, -0.05) is 15.9 Å². The number of ether oxygens (including phenoxy) is 2. The van der Waals surface area contributed by atoms with Crippen LogP contribution in [0.4, 0.5) is 13.2 Å². The lowest BCUT2D eigenvalue weighted by atomic mass is 10.1. The van der Waals surface area contributed by atoms with E-state index in [9.17, 15) is 18.0 Å². The van der Waals surface area contributed by atoms with Gasteiger partial charge in [0.1, 0.15) is 18.0 Å². The van der Waals surface area contributed by atoms with Crippen molar-refractivity contribution in [3.8, 4) is 11.5 Å². The summed E-state index contributed by atoms with van der Waals surface area (Å²) in [6, 6.07) is 4.29. The first-order valence-corrected chi connectivity index (χ1v) is 7.08. The van der Waals surface area contributed by atoms with E-state index in [1.54, 1.807) is 0 Å². The molecule has 0 saturated carbocycles. The van der Waals surface area contributed by atoms with Gasteiger partial charge in [-0.3, -0.25) is 4.79 Å². The van der Waals surface area contributed by atoms with Gasteiger partial charge in [0.05, 0.1) is 14.2 Å². The monoisotopic (exact) mass is 369 g/mol. The van der Waals surface area contributed by atoms with Crippen molar-refractivity contribution in [2.75, 3.05) is 32.6 Å². The number of hydrogen-bond donors (Lipinski definition) is 0. The molecule has 1 amide bonds. The van der Waals surface area contributed by atoms with Crippen LogP contribution < -0.4 is 9.47 Å². The zero-order valence-electron chi connectivity index (χ0n) is 11.5. The molecule has 8 heteroatoms. The molecule has 0 aromatic heterocycles. The number of carbonyl (C=O) groups is 1. The van der Waals surface area contributed by atoms with Gasteiger partial charge in [0, 0.05) is 23.5 Å². The number of benzene rings is 1. The summed E-state index contributed by atoms with van der Waals surface area (Å²) in [4.78, 5) is 13.0. The molecule has 0 aliphatic heterocycles. The van der Waals surface area contributed by atoms with E-state index in [2.05, 4.69) is 15.9 Å². The predicted molar refractivity (Wildman–Crippen MR) is 75.3 cm³/mol. The summed E-state index contributed by atoms with van der Waals surface area (Å²) in [6.45, 7) is -1.37. The molecule has 0 saturated heterocycles. The standard InChI is InChI=1S/C13H15BrF3NO3/c1-20-10-5-9(6-11(7-10)21-2)12(19)18(4-3-14)8-13(15,16)17/h5-7H,3-4,8H2,1-2H3. The molecule has 0 heterocycles. The molecule has 0 N–H and O–H groups in total. The number of halogens is 4. The maximum Gasteiger partial charge on any atom is 0.406 e. The number of carbonyl (C=O) groups excluding carboxylic acids is 1. The Morgan fingerprint density at radius 1 is 1.19 bits per heavy atom. The van der Waals surface area contributed by atoms with Crippen molar-refractivity contribution in [2.24, 2.45) is 0 Å². The molecule has 1 aromatic carbocycles. The molecule has 1 aromatic rings. The van der Waals surface area contributed by atoms with Crippen LogP contribution in [0, 0.1) is 0 Å². The molecule has 0 aliphatic rings. The minimum Gasteiger partial charge on any atom is -0.497 e. The third kappa shape index (κ3) is 5.45. The van der Waals surface area contributed by atoms with Crippen molar-refractivity contribution < 1.29 is 27.4 Å². The summed E-state index contributed by atoms with van der Waals surface area (Å²) >= 11 is 3.04. The van der Waals surface area contributed by atoms with Crippen LogP contribution in [0.1, 0.15) is 10.4 Å². The summed E-state index contributed by atoms with van der Waals surface area (Å²) in [6.07, 6.45) is -4.46. The second-order valence-electron chi connectivity index (χ2n) is 4.13. The van der Waals surface area contributed by atoms with E-state index < -0.39 is 18.6 Å². The highest BCUT2D eigenvalue weighted by Crippen LogP contribution is 2.25. The largest absolute Gasteiger partial charge is 0.497 e. The van der Waals surface area contributed by atoms with Crippen molar-refractivity contribution >= 4 is 21.8 Å². The number of hydrogen-bond acceptors (Lipinski definition) is 3. The van der Waals surface area contributed by atoms with Crippen LogP contribution in [0.15, 0.2) is 18.2 Å². The lowest BCUT2D eigenvalue weighted by molar-refractivity contribution is -0.140. The molecule has 0 bridgehead atoms.